The molecule has 0 radical (unpaired) electrons. The van der Waals surface area contributed by atoms with Crippen LogP contribution < -0.4 is 26.8 Å². The average molecular weight is 509 g/mol. The van der Waals surface area contributed by atoms with Gasteiger partial charge >= 0.3 is 5.97 Å². The molecule has 0 bridgehead atoms. The molecule has 13 heteroatoms. The van der Waals surface area contributed by atoms with Crippen LogP contribution in [0, 0.1) is 5.92 Å². The topological polar surface area (TPSA) is 203 Å². The second kappa shape index (κ2) is 12.7. The molecule has 190 valence electrons. The third-order valence-corrected chi connectivity index (χ3v) is 5.33. The molecule has 1 heterocycles. The van der Waals surface area contributed by atoms with E-state index in [-0.39, 0.29) is 41.3 Å². The number of carboxylic acid groups (broad SMARTS) is 1. The molecule has 0 unspecified atom stereocenters. The fourth-order valence-corrected chi connectivity index (χ4v) is 3.09. The van der Waals surface area contributed by atoms with Crippen LogP contribution >= 0.6 is 11.6 Å². The predicted octanol–water partition coefficient (Wildman–Crippen LogP) is 0.211. The largest absolute Gasteiger partial charge is 0.491 e. The molecule has 0 aliphatic rings. The van der Waals surface area contributed by atoms with Crippen molar-refractivity contribution in [1.82, 2.24) is 20.6 Å². The lowest BCUT2D eigenvalue weighted by molar-refractivity contribution is -0.142. The van der Waals surface area contributed by atoms with Crippen molar-refractivity contribution < 1.29 is 29.0 Å². The molecule has 12 nitrogen and oxygen atoms in total. The molecular weight excluding hydrogens is 480 g/mol. The molecule has 0 aliphatic carbocycles. The summed E-state index contributed by atoms with van der Waals surface area (Å²) >= 11 is 6.04. The minimum absolute atomic E-state index is 0.00275. The number of carbonyl (C=O) groups is 4. The number of halogens is 1. The number of carboxylic acids is 1. The number of carbonyl (C=O) groups excluding carboxylic acids is 3. The first-order valence-corrected chi connectivity index (χ1v) is 11.1. The van der Waals surface area contributed by atoms with E-state index >= 15 is 0 Å². The zero-order valence-electron chi connectivity index (χ0n) is 19.3. The predicted molar refractivity (Wildman–Crippen MR) is 127 cm³/mol. The first-order valence-electron chi connectivity index (χ1n) is 10.8. The molecule has 35 heavy (non-hydrogen) atoms. The minimum atomic E-state index is -1.45. The number of amides is 3. The highest BCUT2D eigenvalue weighted by molar-refractivity contribution is 6.31. The number of benzene rings is 1. The van der Waals surface area contributed by atoms with Gasteiger partial charge in [0.2, 0.25) is 11.8 Å². The van der Waals surface area contributed by atoms with Gasteiger partial charge in [-0.1, -0.05) is 25.4 Å². The number of rotatable bonds is 13. The van der Waals surface area contributed by atoms with Crippen LogP contribution in [0.3, 0.4) is 0 Å². The number of aliphatic carboxylic acids is 1. The van der Waals surface area contributed by atoms with E-state index in [9.17, 15) is 24.3 Å². The molecule has 1 aromatic carbocycles. The lowest BCUT2D eigenvalue weighted by Crippen LogP contribution is -2.53. The van der Waals surface area contributed by atoms with Gasteiger partial charge in [0, 0.05) is 29.4 Å². The number of ether oxygens (including phenoxy) is 1. The second-order valence-electron chi connectivity index (χ2n) is 8.24. The standard InChI is InChI=1S/C22H29ClN6O6/c1-11(2)15(24)9-35-18-4-3-12(23)5-14(18)20(31)28-16(7-19(25)30)21(32)29-17(22(33)34)6-13-8-26-10-27-13/h3-5,8,10-11,15-17H,6-7,9,24H2,1-2H3,(H2,25,30)(H,26,27)(H,28,31)(H,29,32)(H,33,34)/t15-,16+,17+/m1/s1. The van der Waals surface area contributed by atoms with Crippen LogP contribution in [-0.2, 0) is 20.8 Å². The lowest BCUT2D eigenvalue weighted by Gasteiger charge is -2.22. The van der Waals surface area contributed by atoms with E-state index in [1.807, 2.05) is 13.8 Å². The number of H-pyrrole nitrogens is 1. The molecule has 3 amide bonds. The van der Waals surface area contributed by atoms with Crippen molar-refractivity contribution in [2.45, 2.75) is 44.8 Å². The Morgan fingerprint density at radius 3 is 2.49 bits per heavy atom. The molecule has 3 atom stereocenters. The van der Waals surface area contributed by atoms with Gasteiger partial charge in [0.1, 0.15) is 24.4 Å². The Labute approximate surface area is 206 Å². The van der Waals surface area contributed by atoms with E-state index in [0.29, 0.717) is 5.69 Å². The molecule has 0 saturated carbocycles. The Morgan fingerprint density at radius 2 is 1.91 bits per heavy atom. The summed E-state index contributed by atoms with van der Waals surface area (Å²) in [6, 6.07) is 1.25. The first-order chi connectivity index (χ1) is 16.5. The molecular formula is C22H29ClN6O6. The van der Waals surface area contributed by atoms with Crippen molar-refractivity contribution in [3.63, 3.8) is 0 Å². The maximum Gasteiger partial charge on any atom is 0.326 e. The Morgan fingerprint density at radius 1 is 1.20 bits per heavy atom. The summed E-state index contributed by atoms with van der Waals surface area (Å²) in [6.07, 6.45) is 2.12. The normalized spacial score (nSPS) is 13.5. The van der Waals surface area contributed by atoms with Gasteiger partial charge in [0.05, 0.1) is 18.3 Å². The van der Waals surface area contributed by atoms with E-state index in [0.717, 1.165) is 0 Å². The quantitative estimate of drug-likeness (QED) is 0.220. The maximum absolute atomic E-state index is 13.0. The van der Waals surface area contributed by atoms with E-state index in [2.05, 4.69) is 20.6 Å². The van der Waals surface area contributed by atoms with Gasteiger partial charge in [-0.2, -0.15) is 0 Å². The van der Waals surface area contributed by atoms with E-state index in [4.69, 9.17) is 27.8 Å². The fourth-order valence-electron chi connectivity index (χ4n) is 2.92. The van der Waals surface area contributed by atoms with Gasteiger partial charge in [-0.05, 0) is 24.1 Å². The molecule has 1 aromatic heterocycles. The Kier molecular flexibility index (Phi) is 10.0. The van der Waals surface area contributed by atoms with Gasteiger partial charge in [0.15, 0.2) is 0 Å². The molecule has 2 rings (SSSR count). The number of hydrogen-bond acceptors (Lipinski definition) is 7. The highest BCUT2D eigenvalue weighted by Gasteiger charge is 2.29. The smallest absolute Gasteiger partial charge is 0.326 e. The maximum atomic E-state index is 13.0. The highest BCUT2D eigenvalue weighted by Crippen LogP contribution is 2.23. The number of aromatic nitrogens is 2. The Hall–Kier alpha value is -3.64. The SMILES string of the molecule is CC(C)[C@H](N)COc1ccc(Cl)cc1C(=O)N[C@@H](CC(N)=O)C(=O)N[C@@H](Cc1cnc[nH]1)C(=O)O. The molecule has 8 N–H and O–H groups in total. The summed E-state index contributed by atoms with van der Waals surface area (Å²) < 4.78 is 5.69. The van der Waals surface area contributed by atoms with Crippen LogP contribution in [0.25, 0.3) is 0 Å². The van der Waals surface area contributed by atoms with Gasteiger partial charge in [-0.3, -0.25) is 14.4 Å². The second-order valence-corrected chi connectivity index (χ2v) is 8.67. The molecule has 0 fully saturated rings. The van der Waals surface area contributed by atoms with Crippen LogP contribution in [0.4, 0.5) is 0 Å². The number of nitrogens with two attached hydrogens (primary N) is 2. The van der Waals surface area contributed by atoms with E-state index < -0.39 is 42.2 Å². The lowest BCUT2D eigenvalue weighted by atomic mass is 10.1. The zero-order valence-corrected chi connectivity index (χ0v) is 20.0. The molecule has 0 saturated heterocycles. The van der Waals surface area contributed by atoms with Crippen molar-refractivity contribution >= 4 is 35.3 Å². The van der Waals surface area contributed by atoms with Crippen LogP contribution in [0.5, 0.6) is 5.75 Å². The molecule has 0 spiro atoms. The number of nitrogens with zero attached hydrogens (tertiary/aromatic N) is 1. The Balaban J connectivity index is 2.20. The van der Waals surface area contributed by atoms with E-state index in [1.54, 1.807) is 0 Å². The van der Waals surface area contributed by atoms with Gasteiger partial charge in [-0.15, -0.1) is 0 Å². The van der Waals surface area contributed by atoms with Crippen molar-refractivity contribution in [2.24, 2.45) is 17.4 Å². The third-order valence-electron chi connectivity index (χ3n) is 5.09. The van der Waals surface area contributed by atoms with Crippen LogP contribution in [0.2, 0.25) is 5.02 Å². The van der Waals surface area contributed by atoms with Gasteiger partial charge < -0.3 is 36.9 Å². The minimum Gasteiger partial charge on any atom is -0.491 e. The van der Waals surface area contributed by atoms with Gasteiger partial charge in [-0.25, -0.2) is 9.78 Å². The average Bonchev–Trinajstić information content (AvgIpc) is 3.29. The molecule has 2 aromatic rings. The number of nitrogens with one attached hydrogen (secondary N) is 3. The monoisotopic (exact) mass is 508 g/mol. The van der Waals surface area contributed by atoms with Crippen LogP contribution in [0.15, 0.2) is 30.7 Å². The number of imidazole rings is 1. The summed E-state index contributed by atoms with van der Waals surface area (Å²) in [5, 5.41) is 14.4. The number of primary amides is 1. The summed E-state index contributed by atoms with van der Waals surface area (Å²) in [7, 11) is 0. The van der Waals surface area contributed by atoms with Crippen molar-refractivity contribution in [3.8, 4) is 5.75 Å². The summed E-state index contributed by atoms with van der Waals surface area (Å²) in [5.74, 6) is -3.57. The zero-order chi connectivity index (χ0) is 26.1. The molecule has 0 aliphatic heterocycles. The fraction of sp³-hybridized carbons (Fsp3) is 0.409. The third kappa shape index (κ3) is 8.58. The van der Waals surface area contributed by atoms with Crippen molar-refractivity contribution in [3.05, 3.63) is 47.0 Å². The van der Waals surface area contributed by atoms with E-state index in [1.165, 1.54) is 30.7 Å². The van der Waals surface area contributed by atoms with Crippen molar-refractivity contribution in [1.29, 1.82) is 0 Å². The summed E-state index contributed by atoms with van der Waals surface area (Å²) in [5.41, 5.74) is 11.7. The first kappa shape index (κ1) is 27.6. The summed E-state index contributed by atoms with van der Waals surface area (Å²) in [6.45, 7) is 3.97. The number of aromatic amines is 1. The van der Waals surface area contributed by atoms with Gasteiger partial charge in [0.25, 0.3) is 5.91 Å². The Bertz CT molecular complexity index is 1050. The highest BCUT2D eigenvalue weighted by atomic mass is 35.5. The summed E-state index contributed by atoms with van der Waals surface area (Å²) in [4.78, 5) is 55.6. The van der Waals surface area contributed by atoms with Crippen LogP contribution in [0.1, 0.15) is 36.3 Å². The van der Waals surface area contributed by atoms with Crippen LogP contribution in [-0.4, -0.2) is 63.5 Å². The number of hydrogen-bond donors (Lipinski definition) is 6. The van der Waals surface area contributed by atoms with Crippen molar-refractivity contribution in [2.75, 3.05) is 6.61 Å².